The van der Waals surface area contributed by atoms with Gasteiger partial charge in [0.2, 0.25) is 0 Å². The number of hydrogen-bond donors (Lipinski definition) is 2. The van der Waals surface area contributed by atoms with Crippen LogP contribution in [0.15, 0.2) is 48.8 Å². The van der Waals surface area contributed by atoms with Gasteiger partial charge in [0.15, 0.2) is 0 Å². The summed E-state index contributed by atoms with van der Waals surface area (Å²) in [6.07, 6.45) is 8.88. The van der Waals surface area contributed by atoms with Crippen molar-refractivity contribution >= 4 is 11.8 Å². The van der Waals surface area contributed by atoms with Crippen LogP contribution in [0.2, 0.25) is 0 Å². The molecule has 3 N–H and O–H groups in total. The monoisotopic (exact) mass is 351 g/mol. The van der Waals surface area contributed by atoms with E-state index in [1.54, 1.807) is 6.20 Å². The largest absolute Gasteiger partial charge is 0.462 e. The van der Waals surface area contributed by atoms with E-state index in [9.17, 15) is 4.79 Å². The van der Waals surface area contributed by atoms with Crippen LogP contribution in [0.1, 0.15) is 54.7 Å². The molecular weight excluding hydrogens is 326 g/mol. The Morgan fingerprint density at radius 3 is 2.73 bits per heavy atom. The minimum absolute atomic E-state index is 0.00143. The molecule has 1 aromatic heterocycles. The number of esters is 1. The highest BCUT2D eigenvalue weighted by Gasteiger charge is 2.29. The van der Waals surface area contributed by atoms with Crippen LogP contribution in [-0.4, -0.2) is 22.9 Å². The Bertz CT molecular complexity index is 744. The summed E-state index contributed by atoms with van der Waals surface area (Å²) in [4.78, 5) is 16.1. The number of benzene rings is 1. The van der Waals surface area contributed by atoms with Gasteiger partial charge in [-0.25, -0.2) is 0 Å². The first-order valence-electron chi connectivity index (χ1n) is 9.14. The topological polar surface area (TPSA) is 89.1 Å². The molecule has 2 aromatic rings. The van der Waals surface area contributed by atoms with Crippen molar-refractivity contribution in [3.63, 3.8) is 0 Å². The maximum absolute atomic E-state index is 11.9. The number of nitrogens with zero attached hydrogens (tertiary/aromatic N) is 1. The van der Waals surface area contributed by atoms with Gasteiger partial charge >= 0.3 is 5.97 Å². The fourth-order valence-electron chi connectivity index (χ4n) is 3.48. The van der Waals surface area contributed by atoms with Gasteiger partial charge in [0.05, 0.1) is 6.42 Å². The molecule has 0 radical (unpaired) electrons. The Hall–Kier alpha value is -2.69. The number of pyridine rings is 1. The van der Waals surface area contributed by atoms with E-state index in [-0.39, 0.29) is 23.8 Å². The van der Waals surface area contributed by atoms with Gasteiger partial charge < -0.3 is 10.5 Å². The van der Waals surface area contributed by atoms with Crippen LogP contribution in [0.3, 0.4) is 0 Å². The van der Waals surface area contributed by atoms with Crippen molar-refractivity contribution < 1.29 is 9.53 Å². The second-order valence-corrected chi connectivity index (χ2v) is 6.89. The van der Waals surface area contributed by atoms with E-state index in [1.165, 1.54) is 5.56 Å². The van der Waals surface area contributed by atoms with Crippen LogP contribution >= 0.6 is 0 Å². The second kappa shape index (κ2) is 8.61. The van der Waals surface area contributed by atoms with Gasteiger partial charge in [-0.2, -0.15) is 0 Å². The third-order valence-corrected chi connectivity index (χ3v) is 4.92. The zero-order valence-electron chi connectivity index (χ0n) is 14.9. The summed E-state index contributed by atoms with van der Waals surface area (Å²) in [6.45, 7) is 0. The van der Waals surface area contributed by atoms with Crippen LogP contribution < -0.4 is 5.73 Å². The quantitative estimate of drug-likeness (QED) is 0.345. The van der Waals surface area contributed by atoms with Crippen molar-refractivity contribution in [3.8, 4) is 0 Å². The Balaban J connectivity index is 1.45. The number of rotatable bonds is 7. The van der Waals surface area contributed by atoms with Gasteiger partial charge in [0.25, 0.3) is 0 Å². The van der Waals surface area contributed by atoms with Crippen molar-refractivity contribution in [3.05, 3.63) is 65.5 Å². The standard InChI is InChI=1S/C21H25N3O2/c22-21(23)16-9-7-15(8-10-16)4-1-2-6-19-12-18(13-20(25)26-19)17-5-3-11-24-14-17/h3,5,7-11,14,18-19H,1-2,4,6,12-13H2,(H3,22,23)/t18-,19+/m0/s1. The lowest BCUT2D eigenvalue weighted by molar-refractivity contribution is -0.155. The Morgan fingerprint density at radius 1 is 1.23 bits per heavy atom. The minimum Gasteiger partial charge on any atom is -0.462 e. The van der Waals surface area contributed by atoms with Crippen LogP contribution in [0.5, 0.6) is 0 Å². The number of ether oxygens (including phenoxy) is 1. The lowest BCUT2D eigenvalue weighted by Crippen LogP contribution is -2.28. The lowest BCUT2D eigenvalue weighted by Gasteiger charge is -2.29. The van der Waals surface area contributed by atoms with Crippen LogP contribution in [-0.2, 0) is 16.0 Å². The summed E-state index contributed by atoms with van der Waals surface area (Å²) < 4.78 is 5.54. The predicted octanol–water partition coefficient (Wildman–Crippen LogP) is 3.57. The van der Waals surface area contributed by atoms with Crippen molar-refractivity contribution in [1.82, 2.24) is 4.98 Å². The maximum Gasteiger partial charge on any atom is 0.306 e. The number of cyclic esters (lactones) is 1. The lowest BCUT2D eigenvalue weighted by atomic mass is 9.87. The first-order chi connectivity index (χ1) is 12.6. The number of amidine groups is 1. The number of nitrogens with one attached hydrogen (secondary N) is 1. The average molecular weight is 351 g/mol. The summed E-state index contributed by atoms with van der Waals surface area (Å²) in [5.74, 6) is 0.211. The molecule has 5 nitrogen and oxygen atoms in total. The first-order valence-corrected chi connectivity index (χ1v) is 9.14. The Morgan fingerprint density at radius 2 is 2.04 bits per heavy atom. The molecule has 0 spiro atoms. The number of hydrogen-bond acceptors (Lipinski definition) is 4. The number of carbonyl (C=O) groups excluding carboxylic acids is 1. The summed E-state index contributed by atoms with van der Waals surface area (Å²) >= 11 is 0. The van der Waals surface area contributed by atoms with E-state index in [0.717, 1.165) is 43.2 Å². The molecule has 2 atom stereocenters. The molecule has 0 unspecified atom stereocenters. The molecule has 1 fully saturated rings. The molecule has 136 valence electrons. The maximum atomic E-state index is 11.9. The number of carbonyl (C=O) groups is 1. The van der Waals surface area contributed by atoms with Gasteiger partial charge in [0, 0.05) is 18.0 Å². The molecule has 5 heteroatoms. The van der Waals surface area contributed by atoms with Crippen molar-refractivity contribution in [2.45, 2.75) is 50.5 Å². The van der Waals surface area contributed by atoms with Gasteiger partial charge in [-0.3, -0.25) is 15.2 Å². The first kappa shape index (κ1) is 18.1. The van der Waals surface area contributed by atoms with Gasteiger partial charge in [0.1, 0.15) is 11.9 Å². The Labute approximate surface area is 154 Å². The van der Waals surface area contributed by atoms with E-state index in [4.69, 9.17) is 15.9 Å². The van der Waals surface area contributed by atoms with E-state index >= 15 is 0 Å². The molecule has 1 aromatic carbocycles. The summed E-state index contributed by atoms with van der Waals surface area (Å²) in [5, 5.41) is 7.41. The molecule has 26 heavy (non-hydrogen) atoms. The van der Waals surface area contributed by atoms with Crippen LogP contribution in [0.25, 0.3) is 0 Å². The average Bonchev–Trinajstić information content (AvgIpc) is 2.66. The molecule has 1 saturated heterocycles. The van der Waals surface area contributed by atoms with E-state index in [1.807, 2.05) is 42.6 Å². The molecule has 1 aliphatic heterocycles. The molecule has 0 saturated carbocycles. The molecular formula is C21H25N3O2. The SMILES string of the molecule is N=C(N)c1ccc(CCCC[C@@H]2C[C@H](c3cccnc3)CC(=O)O2)cc1. The number of aromatic nitrogens is 1. The fourth-order valence-corrected chi connectivity index (χ4v) is 3.48. The van der Waals surface area contributed by atoms with Gasteiger partial charge in [-0.05, 0) is 55.2 Å². The van der Waals surface area contributed by atoms with E-state index in [0.29, 0.717) is 6.42 Å². The molecule has 0 amide bonds. The van der Waals surface area contributed by atoms with Crippen LogP contribution in [0.4, 0.5) is 0 Å². The highest BCUT2D eigenvalue weighted by atomic mass is 16.5. The van der Waals surface area contributed by atoms with Gasteiger partial charge in [-0.15, -0.1) is 0 Å². The van der Waals surface area contributed by atoms with E-state index < -0.39 is 0 Å². The Kier molecular flexibility index (Phi) is 6.00. The molecule has 0 aliphatic carbocycles. The zero-order valence-corrected chi connectivity index (χ0v) is 14.9. The van der Waals surface area contributed by atoms with Crippen molar-refractivity contribution in [2.24, 2.45) is 5.73 Å². The number of nitrogens with two attached hydrogens (primary N) is 1. The molecule has 1 aliphatic rings. The molecule has 0 bridgehead atoms. The summed E-state index contributed by atoms with van der Waals surface area (Å²) in [7, 11) is 0. The third kappa shape index (κ3) is 4.91. The number of unbranched alkanes of at least 4 members (excludes halogenated alkanes) is 1. The fraction of sp³-hybridized carbons (Fsp3) is 0.381. The highest BCUT2D eigenvalue weighted by Crippen LogP contribution is 2.32. The van der Waals surface area contributed by atoms with Gasteiger partial charge in [-0.1, -0.05) is 30.3 Å². The smallest absolute Gasteiger partial charge is 0.306 e. The summed E-state index contributed by atoms with van der Waals surface area (Å²) in [5.41, 5.74) is 8.59. The van der Waals surface area contributed by atoms with Crippen molar-refractivity contribution in [1.29, 1.82) is 5.41 Å². The molecule has 2 heterocycles. The highest BCUT2D eigenvalue weighted by molar-refractivity contribution is 5.94. The van der Waals surface area contributed by atoms with Crippen LogP contribution in [0, 0.1) is 5.41 Å². The van der Waals surface area contributed by atoms with E-state index in [2.05, 4.69) is 4.98 Å². The molecule has 3 rings (SSSR count). The summed E-state index contributed by atoms with van der Waals surface area (Å²) in [6, 6.07) is 11.8. The third-order valence-electron chi connectivity index (χ3n) is 4.92. The normalized spacial score (nSPS) is 19.8. The minimum atomic E-state index is -0.102. The number of nitrogen functional groups attached to an aromatic ring is 1. The second-order valence-electron chi connectivity index (χ2n) is 6.89. The zero-order chi connectivity index (χ0) is 18.4. The predicted molar refractivity (Wildman–Crippen MR) is 101 cm³/mol. The number of aryl methyl sites for hydroxylation is 1. The van der Waals surface area contributed by atoms with Crippen molar-refractivity contribution in [2.75, 3.05) is 0 Å².